The molecule has 1 aromatic carbocycles. The summed E-state index contributed by atoms with van der Waals surface area (Å²) < 4.78 is 8.26. The number of hydrogen-bond donors (Lipinski definition) is 1. The van der Waals surface area contributed by atoms with Crippen LogP contribution in [0, 0.1) is 0 Å². The number of carbonyl (C=O) groups excluding carboxylic acids is 3. The van der Waals surface area contributed by atoms with Gasteiger partial charge in [0, 0.05) is 38.2 Å². The summed E-state index contributed by atoms with van der Waals surface area (Å²) in [5.74, 6) is -0.115. The van der Waals surface area contributed by atoms with Gasteiger partial charge in [0.2, 0.25) is 11.8 Å². The van der Waals surface area contributed by atoms with Gasteiger partial charge in [0.1, 0.15) is 18.4 Å². The van der Waals surface area contributed by atoms with Crippen LogP contribution in [0.4, 0.5) is 0 Å². The number of likely N-dealkylation sites (tertiary alicyclic amines) is 1. The molecule has 6 rings (SSSR count). The van der Waals surface area contributed by atoms with E-state index < -0.39 is 11.9 Å². The largest absolute Gasteiger partial charge is 0.492 e. The molecule has 4 heterocycles. The number of piperidine rings is 2. The fourth-order valence-corrected chi connectivity index (χ4v) is 6.18. The summed E-state index contributed by atoms with van der Waals surface area (Å²) in [7, 11) is 2.01. The first-order valence-corrected chi connectivity index (χ1v) is 14.0. The average Bonchev–Trinajstić information content (AvgIpc) is 3.47. The number of nitrogens with one attached hydrogen (secondary N) is 1. The normalized spacial score (nSPS) is 23.6. The third kappa shape index (κ3) is 5.28. The number of hydrogen-bond acceptors (Lipinski definition) is 6. The van der Waals surface area contributed by atoms with E-state index in [1.165, 1.54) is 18.4 Å². The Kier molecular flexibility index (Phi) is 7.08. The smallest absolute Gasteiger partial charge is 0.255 e. The molecule has 4 aliphatic rings. The molecule has 1 aromatic heterocycles. The van der Waals surface area contributed by atoms with Gasteiger partial charge in [-0.15, -0.1) is 0 Å². The van der Waals surface area contributed by atoms with Crippen molar-refractivity contribution in [1.82, 2.24) is 24.9 Å². The molecular weight excluding hydrogens is 494 g/mol. The molecule has 3 aliphatic heterocycles. The van der Waals surface area contributed by atoms with E-state index in [0.717, 1.165) is 55.1 Å². The fraction of sp³-hybridized carbons (Fsp3) is 0.467. The highest BCUT2D eigenvalue weighted by Gasteiger charge is 2.39. The SMILES string of the molecule is Cn1nc(CN2CCCCC2COc2ccc3c(c2)CN(C2CCC(=O)NC2=O)C3=O)cc1C1=CCCC=C1. The molecule has 1 N–H and O–H groups in total. The summed E-state index contributed by atoms with van der Waals surface area (Å²) in [6, 6.07) is 7.44. The van der Waals surface area contributed by atoms with Gasteiger partial charge in [0.05, 0.1) is 11.4 Å². The maximum absolute atomic E-state index is 13.0. The molecule has 2 unspecified atom stereocenters. The molecule has 2 atom stereocenters. The molecule has 1 aliphatic carbocycles. The van der Waals surface area contributed by atoms with Crippen molar-refractivity contribution in [2.45, 2.75) is 70.1 Å². The minimum atomic E-state index is -0.611. The van der Waals surface area contributed by atoms with Crippen LogP contribution in [0.25, 0.3) is 5.57 Å². The standard InChI is InChI=1S/C30H35N5O4/c1-33-27(20-7-3-2-4-8-20)16-22(32-33)18-34-14-6-5-9-23(34)19-39-24-10-11-25-21(15-24)17-35(30(25)38)26-12-13-28(36)31-29(26)37/h3,7-8,10-11,15-16,23,26H,2,4-6,9,12-14,17-19H2,1H3,(H,31,36,37). The molecule has 9 heteroatoms. The van der Waals surface area contributed by atoms with E-state index in [2.05, 4.69) is 34.5 Å². The highest BCUT2D eigenvalue weighted by molar-refractivity contribution is 6.05. The summed E-state index contributed by atoms with van der Waals surface area (Å²) in [5.41, 5.74) is 4.93. The zero-order chi connectivity index (χ0) is 26.9. The maximum Gasteiger partial charge on any atom is 0.255 e. The van der Waals surface area contributed by atoms with E-state index >= 15 is 0 Å². The number of aryl methyl sites for hydroxylation is 1. The second kappa shape index (κ2) is 10.8. The molecule has 0 saturated carbocycles. The Morgan fingerprint density at radius 1 is 1.10 bits per heavy atom. The van der Waals surface area contributed by atoms with Crippen LogP contribution in [0.15, 0.2) is 42.5 Å². The number of nitrogens with zero attached hydrogens (tertiary/aromatic N) is 4. The van der Waals surface area contributed by atoms with Crippen molar-refractivity contribution in [2.24, 2.45) is 7.05 Å². The van der Waals surface area contributed by atoms with Crippen LogP contribution in [0.2, 0.25) is 0 Å². The van der Waals surface area contributed by atoms with Crippen LogP contribution < -0.4 is 10.1 Å². The third-order valence-electron chi connectivity index (χ3n) is 8.27. The lowest BCUT2D eigenvalue weighted by Gasteiger charge is -2.35. The van der Waals surface area contributed by atoms with Crippen molar-refractivity contribution in [3.05, 3.63) is 65.0 Å². The van der Waals surface area contributed by atoms with Crippen LogP contribution in [-0.2, 0) is 29.7 Å². The fourth-order valence-electron chi connectivity index (χ4n) is 6.18. The van der Waals surface area contributed by atoms with E-state index in [9.17, 15) is 14.4 Å². The van der Waals surface area contributed by atoms with Gasteiger partial charge in [-0.1, -0.05) is 24.6 Å². The number of fused-ring (bicyclic) bond motifs is 1. The Morgan fingerprint density at radius 3 is 2.82 bits per heavy atom. The highest BCUT2D eigenvalue weighted by Crippen LogP contribution is 2.31. The van der Waals surface area contributed by atoms with Gasteiger partial charge in [0.25, 0.3) is 5.91 Å². The molecule has 204 valence electrons. The first-order valence-electron chi connectivity index (χ1n) is 14.0. The second-order valence-corrected chi connectivity index (χ2v) is 10.9. The summed E-state index contributed by atoms with van der Waals surface area (Å²) >= 11 is 0. The van der Waals surface area contributed by atoms with Gasteiger partial charge in [-0.3, -0.25) is 29.3 Å². The number of carbonyl (C=O) groups is 3. The van der Waals surface area contributed by atoms with Crippen LogP contribution in [0.1, 0.15) is 72.3 Å². The first kappa shape index (κ1) is 25.6. The lowest BCUT2D eigenvalue weighted by atomic mass is 10.0. The predicted molar refractivity (Wildman–Crippen MR) is 146 cm³/mol. The number of aromatic nitrogens is 2. The molecule has 9 nitrogen and oxygen atoms in total. The number of benzene rings is 1. The second-order valence-electron chi connectivity index (χ2n) is 10.9. The summed E-state index contributed by atoms with van der Waals surface area (Å²) in [6.45, 7) is 2.72. The van der Waals surface area contributed by atoms with Crippen molar-refractivity contribution in [2.75, 3.05) is 13.2 Å². The zero-order valence-electron chi connectivity index (χ0n) is 22.4. The predicted octanol–water partition coefficient (Wildman–Crippen LogP) is 3.35. The first-order chi connectivity index (χ1) is 19.0. The molecule has 0 bridgehead atoms. The zero-order valence-corrected chi connectivity index (χ0v) is 22.4. The minimum absolute atomic E-state index is 0.168. The van der Waals surface area contributed by atoms with Gasteiger partial charge < -0.3 is 9.64 Å². The number of rotatable bonds is 7. The van der Waals surface area contributed by atoms with Crippen LogP contribution in [0.3, 0.4) is 0 Å². The van der Waals surface area contributed by atoms with E-state index in [1.807, 2.05) is 23.9 Å². The van der Waals surface area contributed by atoms with Crippen LogP contribution in [0.5, 0.6) is 5.75 Å². The molecule has 3 amide bonds. The van der Waals surface area contributed by atoms with Crippen molar-refractivity contribution < 1.29 is 19.1 Å². The topological polar surface area (TPSA) is 96.8 Å². The highest BCUT2D eigenvalue weighted by atomic mass is 16.5. The average molecular weight is 530 g/mol. The monoisotopic (exact) mass is 529 g/mol. The van der Waals surface area contributed by atoms with Gasteiger partial charge in [-0.25, -0.2) is 0 Å². The molecule has 39 heavy (non-hydrogen) atoms. The maximum atomic E-state index is 13.0. The lowest BCUT2D eigenvalue weighted by Crippen LogP contribution is -2.52. The molecule has 2 aromatic rings. The molecule has 2 fully saturated rings. The van der Waals surface area contributed by atoms with Crippen molar-refractivity contribution in [3.63, 3.8) is 0 Å². The number of allylic oxidation sites excluding steroid dienone is 4. The van der Waals surface area contributed by atoms with Crippen molar-refractivity contribution in [3.8, 4) is 5.75 Å². The van der Waals surface area contributed by atoms with Crippen molar-refractivity contribution in [1.29, 1.82) is 0 Å². The molecular formula is C30H35N5O4. The molecule has 2 saturated heterocycles. The van der Waals surface area contributed by atoms with E-state index in [-0.39, 0.29) is 24.3 Å². The Balaban J connectivity index is 1.09. The number of amides is 3. The van der Waals surface area contributed by atoms with Crippen molar-refractivity contribution >= 4 is 23.3 Å². The Morgan fingerprint density at radius 2 is 2.00 bits per heavy atom. The number of imide groups is 1. The van der Waals surface area contributed by atoms with E-state index in [1.54, 1.807) is 11.0 Å². The van der Waals surface area contributed by atoms with Crippen LogP contribution >= 0.6 is 0 Å². The Labute approximate surface area is 228 Å². The third-order valence-corrected chi connectivity index (χ3v) is 8.27. The minimum Gasteiger partial charge on any atom is -0.492 e. The van der Waals surface area contributed by atoms with Crippen LogP contribution in [-0.4, -0.2) is 62.5 Å². The van der Waals surface area contributed by atoms with E-state index in [4.69, 9.17) is 9.84 Å². The van der Waals surface area contributed by atoms with Gasteiger partial charge in [-0.05, 0) is 74.1 Å². The van der Waals surface area contributed by atoms with Gasteiger partial charge in [-0.2, -0.15) is 5.10 Å². The Hall–Kier alpha value is -3.72. The molecule has 0 radical (unpaired) electrons. The van der Waals surface area contributed by atoms with E-state index in [0.29, 0.717) is 25.1 Å². The quantitative estimate of drug-likeness (QED) is 0.553. The summed E-state index contributed by atoms with van der Waals surface area (Å²) in [4.78, 5) is 40.9. The van der Waals surface area contributed by atoms with Gasteiger partial charge in [0.15, 0.2) is 0 Å². The van der Waals surface area contributed by atoms with Gasteiger partial charge >= 0.3 is 0 Å². The summed E-state index contributed by atoms with van der Waals surface area (Å²) in [5, 5.41) is 7.16. The Bertz CT molecular complexity index is 1360. The summed E-state index contributed by atoms with van der Waals surface area (Å²) in [6.07, 6.45) is 12.9. The molecule has 0 spiro atoms. The lowest BCUT2D eigenvalue weighted by molar-refractivity contribution is -0.136. The number of ether oxygens (including phenoxy) is 1.